The molecule has 0 radical (unpaired) electrons. The molecule has 104 valence electrons. The molecule has 1 saturated carbocycles. The van der Waals surface area contributed by atoms with E-state index in [1.807, 2.05) is 31.2 Å². The third-order valence-electron chi connectivity index (χ3n) is 4.11. The van der Waals surface area contributed by atoms with E-state index >= 15 is 0 Å². The highest BCUT2D eigenvalue weighted by Crippen LogP contribution is 2.26. The minimum absolute atomic E-state index is 0.315. The Bertz CT molecular complexity index is 444. The molecule has 0 amide bonds. The van der Waals surface area contributed by atoms with Crippen LogP contribution in [0.2, 0.25) is 0 Å². The molecule has 3 nitrogen and oxygen atoms in total. The summed E-state index contributed by atoms with van der Waals surface area (Å²) in [6, 6.07) is 7.49. The predicted molar refractivity (Wildman–Crippen MR) is 76.1 cm³/mol. The van der Waals surface area contributed by atoms with E-state index < -0.39 is 12.0 Å². The van der Waals surface area contributed by atoms with Crippen molar-refractivity contribution >= 4 is 5.97 Å². The quantitative estimate of drug-likeness (QED) is 0.874. The van der Waals surface area contributed by atoms with E-state index in [2.05, 4.69) is 12.2 Å². The van der Waals surface area contributed by atoms with Crippen molar-refractivity contribution in [2.24, 2.45) is 5.92 Å². The number of carboxylic acid groups (broad SMARTS) is 1. The topological polar surface area (TPSA) is 49.3 Å². The first-order valence-electron chi connectivity index (χ1n) is 7.13. The first-order valence-corrected chi connectivity index (χ1v) is 7.13. The van der Waals surface area contributed by atoms with Crippen molar-refractivity contribution < 1.29 is 9.90 Å². The number of aryl methyl sites for hydroxylation is 1. The Labute approximate surface area is 115 Å². The molecule has 0 bridgehead atoms. The standard InChI is InChI=1S/C16H23NO2/c1-11-6-5-8-13(10-11)15(16(18)19)17-14-9-4-3-7-12(14)2/h5-6,8,10,12,14-15,17H,3-4,7,9H2,1-2H3,(H,18,19). The third kappa shape index (κ3) is 3.57. The van der Waals surface area contributed by atoms with Crippen LogP contribution in [0.1, 0.15) is 49.8 Å². The second kappa shape index (κ2) is 6.20. The number of hydrogen-bond acceptors (Lipinski definition) is 2. The van der Waals surface area contributed by atoms with Gasteiger partial charge in [0.1, 0.15) is 6.04 Å². The highest BCUT2D eigenvalue weighted by atomic mass is 16.4. The molecule has 3 heteroatoms. The molecule has 0 heterocycles. The van der Waals surface area contributed by atoms with E-state index in [0.29, 0.717) is 12.0 Å². The molecule has 1 aromatic rings. The van der Waals surface area contributed by atoms with Crippen LogP contribution >= 0.6 is 0 Å². The zero-order valence-electron chi connectivity index (χ0n) is 11.7. The lowest BCUT2D eigenvalue weighted by Gasteiger charge is -2.32. The Morgan fingerprint density at radius 2 is 2.11 bits per heavy atom. The number of carbonyl (C=O) groups is 1. The lowest BCUT2D eigenvalue weighted by Crippen LogP contribution is -2.42. The summed E-state index contributed by atoms with van der Waals surface area (Å²) in [7, 11) is 0. The van der Waals surface area contributed by atoms with Crippen molar-refractivity contribution in [2.75, 3.05) is 0 Å². The zero-order valence-corrected chi connectivity index (χ0v) is 11.7. The Balaban J connectivity index is 2.14. The van der Waals surface area contributed by atoms with Crippen LogP contribution < -0.4 is 5.32 Å². The molecule has 0 spiro atoms. The van der Waals surface area contributed by atoms with Gasteiger partial charge >= 0.3 is 5.97 Å². The van der Waals surface area contributed by atoms with Crippen LogP contribution in [0, 0.1) is 12.8 Å². The molecule has 2 rings (SSSR count). The third-order valence-corrected chi connectivity index (χ3v) is 4.11. The monoisotopic (exact) mass is 261 g/mol. The van der Waals surface area contributed by atoms with Gasteiger partial charge in [0.2, 0.25) is 0 Å². The van der Waals surface area contributed by atoms with Gasteiger partial charge in [0.05, 0.1) is 0 Å². The maximum absolute atomic E-state index is 11.5. The summed E-state index contributed by atoms with van der Waals surface area (Å²) in [4.78, 5) is 11.5. The maximum Gasteiger partial charge on any atom is 0.325 e. The minimum Gasteiger partial charge on any atom is -0.480 e. The molecule has 19 heavy (non-hydrogen) atoms. The van der Waals surface area contributed by atoms with Crippen LogP contribution in [0.25, 0.3) is 0 Å². The summed E-state index contributed by atoms with van der Waals surface area (Å²) < 4.78 is 0. The second-order valence-corrected chi connectivity index (χ2v) is 5.72. The first-order chi connectivity index (χ1) is 9.08. The van der Waals surface area contributed by atoms with Crippen molar-refractivity contribution in [3.8, 4) is 0 Å². The van der Waals surface area contributed by atoms with E-state index in [0.717, 1.165) is 17.5 Å². The van der Waals surface area contributed by atoms with Gasteiger partial charge in [-0.15, -0.1) is 0 Å². The fourth-order valence-corrected chi connectivity index (χ4v) is 2.94. The van der Waals surface area contributed by atoms with Crippen LogP contribution in [-0.2, 0) is 4.79 Å². The largest absolute Gasteiger partial charge is 0.480 e. The molecule has 2 N–H and O–H groups in total. The number of hydrogen-bond donors (Lipinski definition) is 2. The van der Waals surface area contributed by atoms with Crippen LogP contribution in [0.15, 0.2) is 24.3 Å². The van der Waals surface area contributed by atoms with Crippen LogP contribution in [-0.4, -0.2) is 17.1 Å². The van der Waals surface area contributed by atoms with E-state index in [1.165, 1.54) is 19.3 Å². The SMILES string of the molecule is Cc1cccc(C(NC2CCCCC2C)C(=O)O)c1. The number of nitrogens with one attached hydrogen (secondary N) is 1. The minimum atomic E-state index is -0.789. The molecule has 1 aromatic carbocycles. The lowest BCUT2D eigenvalue weighted by molar-refractivity contribution is -0.140. The summed E-state index contributed by atoms with van der Waals surface area (Å²) >= 11 is 0. The molecule has 1 fully saturated rings. The molecular weight excluding hydrogens is 238 g/mol. The average molecular weight is 261 g/mol. The summed E-state index contributed by atoms with van der Waals surface area (Å²) in [6.45, 7) is 4.21. The summed E-state index contributed by atoms with van der Waals surface area (Å²) in [5, 5.41) is 12.8. The van der Waals surface area contributed by atoms with Crippen LogP contribution in [0.3, 0.4) is 0 Å². The molecule has 1 aliphatic carbocycles. The Morgan fingerprint density at radius 3 is 2.74 bits per heavy atom. The van der Waals surface area contributed by atoms with Crippen molar-refractivity contribution in [2.45, 2.75) is 51.6 Å². The smallest absolute Gasteiger partial charge is 0.325 e. The van der Waals surface area contributed by atoms with Crippen molar-refractivity contribution in [3.05, 3.63) is 35.4 Å². The molecular formula is C16H23NO2. The predicted octanol–water partition coefficient (Wildman–Crippen LogP) is 3.29. The Hall–Kier alpha value is -1.35. The van der Waals surface area contributed by atoms with E-state index in [-0.39, 0.29) is 0 Å². The lowest BCUT2D eigenvalue weighted by atomic mass is 9.85. The van der Waals surface area contributed by atoms with Gasteiger partial charge in [0.25, 0.3) is 0 Å². The van der Waals surface area contributed by atoms with E-state index in [1.54, 1.807) is 0 Å². The van der Waals surface area contributed by atoms with Crippen molar-refractivity contribution in [3.63, 3.8) is 0 Å². The summed E-state index contributed by atoms with van der Waals surface area (Å²) in [5.41, 5.74) is 1.95. The Morgan fingerprint density at radius 1 is 1.37 bits per heavy atom. The number of rotatable bonds is 4. The van der Waals surface area contributed by atoms with E-state index in [4.69, 9.17) is 0 Å². The average Bonchev–Trinajstić information content (AvgIpc) is 2.37. The maximum atomic E-state index is 11.5. The molecule has 0 aromatic heterocycles. The molecule has 0 aliphatic heterocycles. The summed E-state index contributed by atoms with van der Waals surface area (Å²) in [5.74, 6) is -0.233. The van der Waals surface area contributed by atoms with Gasteiger partial charge in [0, 0.05) is 6.04 Å². The molecule has 3 atom stereocenters. The van der Waals surface area contributed by atoms with Gasteiger partial charge in [-0.25, -0.2) is 0 Å². The van der Waals surface area contributed by atoms with Gasteiger partial charge < -0.3 is 5.11 Å². The Kier molecular flexibility index (Phi) is 4.59. The molecule has 1 aliphatic rings. The zero-order chi connectivity index (χ0) is 13.8. The van der Waals surface area contributed by atoms with Crippen molar-refractivity contribution in [1.29, 1.82) is 0 Å². The highest BCUT2D eigenvalue weighted by Gasteiger charge is 2.28. The molecule has 0 saturated heterocycles. The van der Waals surface area contributed by atoms with Crippen LogP contribution in [0.5, 0.6) is 0 Å². The summed E-state index contributed by atoms with van der Waals surface area (Å²) in [6.07, 6.45) is 4.73. The van der Waals surface area contributed by atoms with Crippen LogP contribution in [0.4, 0.5) is 0 Å². The number of aliphatic carboxylic acids is 1. The van der Waals surface area contributed by atoms with Crippen molar-refractivity contribution in [1.82, 2.24) is 5.32 Å². The second-order valence-electron chi connectivity index (χ2n) is 5.72. The number of carboxylic acids is 1. The fourth-order valence-electron chi connectivity index (χ4n) is 2.94. The van der Waals surface area contributed by atoms with Gasteiger partial charge in [-0.05, 0) is 31.2 Å². The number of benzene rings is 1. The van der Waals surface area contributed by atoms with E-state index in [9.17, 15) is 9.90 Å². The van der Waals surface area contributed by atoms with Gasteiger partial charge in [-0.2, -0.15) is 0 Å². The van der Waals surface area contributed by atoms with Gasteiger partial charge in [-0.3, -0.25) is 10.1 Å². The fraction of sp³-hybridized carbons (Fsp3) is 0.562. The first kappa shape index (κ1) is 14.1. The molecule has 3 unspecified atom stereocenters. The van der Waals surface area contributed by atoms with Gasteiger partial charge in [0.15, 0.2) is 0 Å². The van der Waals surface area contributed by atoms with Gasteiger partial charge in [-0.1, -0.05) is 49.6 Å². The highest BCUT2D eigenvalue weighted by molar-refractivity contribution is 5.75. The normalized spacial score (nSPS) is 24.9.